The Kier molecular flexibility index (Phi) is 18.5. The highest BCUT2D eigenvalue weighted by molar-refractivity contribution is 4.80. The average Bonchev–Trinajstić information content (AvgIpc) is 2.47. The minimum Gasteiger partial charge on any atom is -0.0885 e. The second kappa shape index (κ2) is 18.7. The van der Waals surface area contributed by atoms with E-state index in [4.69, 9.17) is 0 Å². The van der Waals surface area contributed by atoms with Crippen LogP contribution in [0.5, 0.6) is 0 Å². The summed E-state index contributed by atoms with van der Waals surface area (Å²) in [6.45, 7) is 4.54. The van der Waals surface area contributed by atoms with Crippen LogP contribution in [0.1, 0.15) is 117 Å². The molecule has 0 fully saturated rings. The summed E-state index contributed by atoms with van der Waals surface area (Å²) in [4.78, 5) is 0. The maximum Gasteiger partial charge on any atom is -0.0351 e. The van der Waals surface area contributed by atoms with Crippen LogP contribution in [-0.2, 0) is 0 Å². The van der Waals surface area contributed by atoms with Gasteiger partial charge in [0.15, 0.2) is 0 Å². The smallest absolute Gasteiger partial charge is 0.0351 e. The Hall–Kier alpha value is -0.260. The van der Waals surface area contributed by atoms with E-state index >= 15 is 0 Å². The van der Waals surface area contributed by atoms with Gasteiger partial charge >= 0.3 is 0 Å². The van der Waals surface area contributed by atoms with Crippen LogP contribution >= 0.6 is 0 Å². The van der Waals surface area contributed by atoms with Gasteiger partial charge in [-0.1, -0.05) is 109 Å². The first-order valence-electron chi connectivity index (χ1n) is 9.56. The van der Waals surface area contributed by atoms with Gasteiger partial charge in [0.05, 0.1) is 0 Å². The van der Waals surface area contributed by atoms with E-state index in [9.17, 15) is 0 Å². The summed E-state index contributed by atoms with van der Waals surface area (Å²) in [5, 5.41) is 0. The molecule has 0 rings (SSSR count). The Bertz CT molecular complexity index is 180. The third-order valence-corrected chi connectivity index (χ3v) is 4.10. The summed E-state index contributed by atoms with van der Waals surface area (Å²) in [5.41, 5.74) is 0. The monoisotopic (exact) mass is 280 g/mol. The largest absolute Gasteiger partial charge is 0.0885 e. The second-order valence-electron chi connectivity index (χ2n) is 6.29. The van der Waals surface area contributed by atoms with Crippen molar-refractivity contribution in [3.05, 3.63) is 12.2 Å². The molecule has 0 unspecified atom stereocenters. The van der Waals surface area contributed by atoms with E-state index in [1.807, 2.05) is 0 Å². The Balaban J connectivity index is 2.96. The SMILES string of the molecule is CCCC=CCCCCCCCCCCCCCCC. The van der Waals surface area contributed by atoms with Gasteiger partial charge < -0.3 is 0 Å². The summed E-state index contributed by atoms with van der Waals surface area (Å²) < 4.78 is 0. The molecule has 0 aromatic carbocycles. The van der Waals surface area contributed by atoms with Gasteiger partial charge in [-0.15, -0.1) is 0 Å². The maximum atomic E-state index is 2.38. The molecule has 0 saturated carbocycles. The molecule has 0 aliphatic carbocycles. The van der Waals surface area contributed by atoms with Crippen LogP contribution in [0.4, 0.5) is 0 Å². The lowest BCUT2D eigenvalue weighted by atomic mass is 10.0. The molecule has 0 heterocycles. The summed E-state index contributed by atoms with van der Waals surface area (Å²) in [5.74, 6) is 0. The fourth-order valence-corrected chi connectivity index (χ4v) is 2.68. The quantitative estimate of drug-likeness (QED) is 0.200. The predicted octanol–water partition coefficient (Wildman–Crippen LogP) is 7.82. The van der Waals surface area contributed by atoms with Crippen LogP contribution in [0.25, 0.3) is 0 Å². The van der Waals surface area contributed by atoms with Crippen molar-refractivity contribution in [1.29, 1.82) is 0 Å². The van der Waals surface area contributed by atoms with Crippen molar-refractivity contribution in [2.75, 3.05) is 0 Å². The highest BCUT2D eigenvalue weighted by Crippen LogP contribution is 2.13. The molecule has 0 aliphatic heterocycles. The predicted molar refractivity (Wildman–Crippen MR) is 94.4 cm³/mol. The molecular weight excluding hydrogens is 240 g/mol. The van der Waals surface area contributed by atoms with Crippen molar-refractivity contribution in [2.45, 2.75) is 117 Å². The van der Waals surface area contributed by atoms with E-state index in [1.54, 1.807) is 0 Å². The molecule has 0 aromatic rings. The summed E-state index contributed by atoms with van der Waals surface area (Å²) in [6.07, 6.45) is 27.5. The van der Waals surface area contributed by atoms with Crippen molar-refractivity contribution in [3.63, 3.8) is 0 Å². The molecule has 0 bridgehead atoms. The molecule has 0 heteroatoms. The summed E-state index contributed by atoms with van der Waals surface area (Å²) in [6, 6.07) is 0. The molecule has 0 aliphatic rings. The highest BCUT2D eigenvalue weighted by atomic mass is 14.0. The second-order valence-corrected chi connectivity index (χ2v) is 6.29. The van der Waals surface area contributed by atoms with Gasteiger partial charge in [-0.25, -0.2) is 0 Å². The van der Waals surface area contributed by atoms with Gasteiger partial charge in [0.2, 0.25) is 0 Å². The Labute approximate surface area is 129 Å². The molecule has 120 valence electrons. The minimum atomic E-state index is 1.26. The number of unbranched alkanes of at least 4 members (excludes halogenated alkanes) is 14. The van der Waals surface area contributed by atoms with Gasteiger partial charge in [-0.3, -0.25) is 0 Å². The van der Waals surface area contributed by atoms with E-state index in [1.165, 1.54) is 103 Å². The molecule has 0 saturated heterocycles. The first kappa shape index (κ1) is 19.7. The van der Waals surface area contributed by atoms with Gasteiger partial charge in [0.25, 0.3) is 0 Å². The van der Waals surface area contributed by atoms with Gasteiger partial charge in [-0.05, 0) is 19.3 Å². The minimum absolute atomic E-state index is 1.26. The Morgan fingerprint density at radius 1 is 0.400 bits per heavy atom. The van der Waals surface area contributed by atoms with Crippen molar-refractivity contribution in [2.24, 2.45) is 0 Å². The van der Waals surface area contributed by atoms with E-state index in [-0.39, 0.29) is 0 Å². The van der Waals surface area contributed by atoms with Crippen LogP contribution in [0.2, 0.25) is 0 Å². The first-order chi connectivity index (χ1) is 9.91. The Morgan fingerprint density at radius 3 is 1.25 bits per heavy atom. The molecule has 0 radical (unpaired) electrons. The molecule has 0 aromatic heterocycles. The number of hydrogen-bond donors (Lipinski definition) is 0. The van der Waals surface area contributed by atoms with Crippen molar-refractivity contribution in [3.8, 4) is 0 Å². The summed E-state index contributed by atoms with van der Waals surface area (Å²) >= 11 is 0. The normalized spacial score (nSPS) is 11.5. The zero-order chi connectivity index (χ0) is 14.7. The fourth-order valence-electron chi connectivity index (χ4n) is 2.68. The lowest BCUT2D eigenvalue weighted by Gasteiger charge is -2.02. The average molecular weight is 281 g/mol. The molecule has 20 heavy (non-hydrogen) atoms. The molecule has 0 nitrogen and oxygen atoms in total. The van der Waals surface area contributed by atoms with Crippen LogP contribution in [0.15, 0.2) is 12.2 Å². The fraction of sp³-hybridized carbons (Fsp3) is 0.900. The van der Waals surface area contributed by atoms with Gasteiger partial charge in [0.1, 0.15) is 0 Å². The van der Waals surface area contributed by atoms with E-state index in [0.717, 1.165) is 0 Å². The third kappa shape index (κ3) is 17.7. The molecule has 0 spiro atoms. The molecule has 0 atom stereocenters. The van der Waals surface area contributed by atoms with Crippen LogP contribution in [0.3, 0.4) is 0 Å². The van der Waals surface area contributed by atoms with Crippen molar-refractivity contribution in [1.82, 2.24) is 0 Å². The standard InChI is InChI=1S/C20H40/c1-3-5-7-9-11-13-15-17-19-20-18-16-14-12-10-8-6-4-2/h7,9H,3-6,8,10-20H2,1-2H3. The van der Waals surface area contributed by atoms with Crippen LogP contribution in [-0.4, -0.2) is 0 Å². The Morgan fingerprint density at radius 2 is 0.800 bits per heavy atom. The van der Waals surface area contributed by atoms with E-state index in [2.05, 4.69) is 26.0 Å². The van der Waals surface area contributed by atoms with Gasteiger partial charge in [0, 0.05) is 0 Å². The third-order valence-electron chi connectivity index (χ3n) is 4.10. The van der Waals surface area contributed by atoms with E-state index in [0.29, 0.717) is 0 Å². The highest BCUT2D eigenvalue weighted by Gasteiger charge is 1.93. The lowest BCUT2D eigenvalue weighted by Crippen LogP contribution is -1.82. The van der Waals surface area contributed by atoms with Crippen molar-refractivity contribution < 1.29 is 0 Å². The first-order valence-corrected chi connectivity index (χ1v) is 9.56. The lowest BCUT2D eigenvalue weighted by molar-refractivity contribution is 0.540. The molecule has 0 amide bonds. The number of hydrogen-bond acceptors (Lipinski definition) is 0. The van der Waals surface area contributed by atoms with Crippen molar-refractivity contribution >= 4 is 0 Å². The maximum absolute atomic E-state index is 2.38. The molecular formula is C20H40. The molecule has 0 N–H and O–H groups in total. The van der Waals surface area contributed by atoms with Crippen LogP contribution < -0.4 is 0 Å². The summed E-state index contributed by atoms with van der Waals surface area (Å²) in [7, 11) is 0. The zero-order valence-electron chi connectivity index (χ0n) is 14.5. The number of allylic oxidation sites excluding steroid dienone is 2. The topological polar surface area (TPSA) is 0 Å². The zero-order valence-corrected chi connectivity index (χ0v) is 14.5. The van der Waals surface area contributed by atoms with E-state index < -0.39 is 0 Å². The number of rotatable bonds is 16. The van der Waals surface area contributed by atoms with Gasteiger partial charge in [-0.2, -0.15) is 0 Å². The van der Waals surface area contributed by atoms with Crippen LogP contribution in [0, 0.1) is 0 Å².